The summed E-state index contributed by atoms with van der Waals surface area (Å²) in [5, 5.41) is 0. The molecule has 1 aromatic carbocycles. The highest BCUT2D eigenvalue weighted by molar-refractivity contribution is 7.90. The maximum absolute atomic E-state index is 12.6. The molecule has 1 unspecified atom stereocenters. The average Bonchev–Trinajstić information content (AvgIpc) is 2.59. The van der Waals surface area contributed by atoms with Crippen molar-refractivity contribution in [1.82, 2.24) is 9.88 Å². The van der Waals surface area contributed by atoms with E-state index in [4.69, 9.17) is 4.74 Å². The lowest BCUT2D eigenvalue weighted by Crippen LogP contribution is -2.35. The van der Waals surface area contributed by atoms with Gasteiger partial charge in [0.2, 0.25) is 5.91 Å². The Kier molecular flexibility index (Phi) is 6.27. The summed E-state index contributed by atoms with van der Waals surface area (Å²) in [6.45, 7) is 0.340. The predicted octanol–water partition coefficient (Wildman–Crippen LogP) is 1.87. The van der Waals surface area contributed by atoms with Crippen molar-refractivity contribution >= 4 is 15.7 Å². The molecule has 7 heteroatoms. The van der Waals surface area contributed by atoms with E-state index in [1.54, 1.807) is 37.4 Å². The summed E-state index contributed by atoms with van der Waals surface area (Å²) in [5.41, 5.74) is 1.51. The second-order valence-electron chi connectivity index (χ2n) is 5.82. The number of sulfone groups is 1. The van der Waals surface area contributed by atoms with E-state index in [9.17, 15) is 13.2 Å². The van der Waals surface area contributed by atoms with E-state index < -0.39 is 9.84 Å². The Morgan fingerprint density at radius 3 is 2.40 bits per heavy atom. The number of carbonyl (C=O) groups excluding carboxylic acids is 1. The van der Waals surface area contributed by atoms with Gasteiger partial charge in [0.25, 0.3) is 0 Å². The molecule has 1 aromatic heterocycles. The van der Waals surface area contributed by atoms with Crippen LogP contribution in [0.2, 0.25) is 0 Å². The number of hydrogen-bond donors (Lipinski definition) is 0. The number of aromatic nitrogens is 1. The third-order valence-corrected chi connectivity index (χ3v) is 5.05. The van der Waals surface area contributed by atoms with Gasteiger partial charge in [0.1, 0.15) is 0 Å². The summed E-state index contributed by atoms with van der Waals surface area (Å²) in [7, 11) is 0.0540. The number of benzene rings is 1. The molecule has 2 aromatic rings. The average molecular weight is 362 g/mol. The van der Waals surface area contributed by atoms with E-state index in [1.807, 2.05) is 18.2 Å². The zero-order chi connectivity index (χ0) is 18.4. The number of nitrogens with zero attached hydrogens (tertiary/aromatic N) is 2. The minimum atomic E-state index is -3.24. The van der Waals surface area contributed by atoms with Crippen molar-refractivity contribution in [3.8, 4) is 0 Å². The Balaban J connectivity index is 2.12. The number of methoxy groups -OCH3 is 1. The van der Waals surface area contributed by atoms with Crippen LogP contribution in [-0.4, -0.2) is 51.2 Å². The van der Waals surface area contributed by atoms with Crippen molar-refractivity contribution in [3.63, 3.8) is 0 Å². The van der Waals surface area contributed by atoms with Crippen LogP contribution >= 0.6 is 0 Å². The number of ether oxygens (including phenoxy) is 1. The second-order valence-corrected chi connectivity index (χ2v) is 7.84. The highest BCUT2D eigenvalue weighted by atomic mass is 32.2. The van der Waals surface area contributed by atoms with Crippen LogP contribution in [0.4, 0.5) is 0 Å². The Bertz CT molecular complexity index is 805. The molecule has 0 aliphatic heterocycles. The Labute approximate surface area is 148 Å². The third kappa shape index (κ3) is 5.11. The summed E-state index contributed by atoms with van der Waals surface area (Å²) < 4.78 is 28.2. The first-order chi connectivity index (χ1) is 11.8. The molecule has 0 saturated heterocycles. The number of hydrogen-bond acceptors (Lipinski definition) is 5. The minimum absolute atomic E-state index is 0.0974. The van der Waals surface area contributed by atoms with Gasteiger partial charge in [-0.05, 0) is 29.8 Å². The van der Waals surface area contributed by atoms with Crippen LogP contribution in [0.1, 0.15) is 17.3 Å². The van der Waals surface area contributed by atoms with Gasteiger partial charge in [-0.2, -0.15) is 0 Å². The lowest BCUT2D eigenvalue weighted by Gasteiger charge is -2.27. The number of rotatable bonds is 7. The van der Waals surface area contributed by atoms with Gasteiger partial charge in [-0.3, -0.25) is 9.78 Å². The van der Waals surface area contributed by atoms with Crippen LogP contribution in [0.15, 0.2) is 53.6 Å². The normalized spacial score (nSPS) is 12.6. The van der Waals surface area contributed by atoms with Gasteiger partial charge in [-0.1, -0.05) is 18.2 Å². The molecule has 0 spiro atoms. The fourth-order valence-corrected chi connectivity index (χ4v) is 3.08. The summed E-state index contributed by atoms with van der Waals surface area (Å²) in [6.07, 6.45) is 3.01. The number of carbonyl (C=O) groups is 1. The zero-order valence-electron chi connectivity index (χ0n) is 14.5. The fraction of sp³-hybridized carbons (Fsp3) is 0.333. The Hall–Kier alpha value is -2.25. The predicted molar refractivity (Wildman–Crippen MR) is 94.9 cm³/mol. The van der Waals surface area contributed by atoms with Crippen LogP contribution < -0.4 is 0 Å². The first-order valence-corrected chi connectivity index (χ1v) is 9.66. The molecule has 25 heavy (non-hydrogen) atoms. The van der Waals surface area contributed by atoms with E-state index in [0.717, 1.165) is 17.5 Å². The highest BCUT2D eigenvalue weighted by Gasteiger charge is 2.22. The van der Waals surface area contributed by atoms with Gasteiger partial charge in [0.05, 0.1) is 29.7 Å². The van der Waals surface area contributed by atoms with E-state index in [0.29, 0.717) is 6.61 Å². The maximum Gasteiger partial charge on any atom is 0.227 e. The molecule has 1 amide bonds. The van der Waals surface area contributed by atoms with Crippen molar-refractivity contribution in [3.05, 3.63) is 59.9 Å². The van der Waals surface area contributed by atoms with Crippen LogP contribution in [0, 0.1) is 0 Å². The summed E-state index contributed by atoms with van der Waals surface area (Å²) in [5.74, 6) is -0.0974. The van der Waals surface area contributed by atoms with Gasteiger partial charge >= 0.3 is 0 Å². The van der Waals surface area contributed by atoms with Crippen molar-refractivity contribution in [2.24, 2.45) is 0 Å². The molecular weight excluding hydrogens is 340 g/mol. The maximum atomic E-state index is 12.6. The molecule has 134 valence electrons. The largest absolute Gasteiger partial charge is 0.382 e. The van der Waals surface area contributed by atoms with Crippen LogP contribution in [0.3, 0.4) is 0 Å². The van der Waals surface area contributed by atoms with Crippen molar-refractivity contribution in [1.29, 1.82) is 0 Å². The molecule has 0 radical (unpaired) electrons. The molecule has 2 rings (SSSR count). The van der Waals surface area contributed by atoms with Gasteiger partial charge in [-0.25, -0.2) is 8.42 Å². The SMILES string of the molecule is COCC(c1ccccn1)N(C)C(=O)Cc1ccc(S(C)(=O)=O)cc1. The molecule has 0 saturated carbocycles. The molecular formula is C18H22N2O4S. The van der Waals surface area contributed by atoms with Gasteiger partial charge in [-0.15, -0.1) is 0 Å². The summed E-state index contributed by atoms with van der Waals surface area (Å²) >= 11 is 0. The van der Waals surface area contributed by atoms with Crippen LogP contribution in [-0.2, 0) is 25.8 Å². The summed E-state index contributed by atoms with van der Waals surface area (Å²) in [4.78, 5) is 18.8. The van der Waals surface area contributed by atoms with Crippen molar-refractivity contribution < 1.29 is 17.9 Å². The number of amides is 1. The minimum Gasteiger partial charge on any atom is -0.382 e. The second kappa shape index (κ2) is 8.22. The molecule has 0 aliphatic carbocycles. The van der Waals surface area contributed by atoms with E-state index >= 15 is 0 Å². The number of likely N-dealkylation sites (N-methyl/N-ethyl adjacent to an activating group) is 1. The first-order valence-electron chi connectivity index (χ1n) is 7.77. The standard InChI is InChI=1S/C18H22N2O4S/c1-20(17(13-24-2)16-6-4-5-11-19-16)18(21)12-14-7-9-15(10-8-14)25(3,22)23/h4-11,17H,12-13H2,1-3H3. The topological polar surface area (TPSA) is 76.6 Å². The number of pyridine rings is 1. The monoisotopic (exact) mass is 362 g/mol. The van der Waals surface area contributed by atoms with E-state index in [2.05, 4.69) is 4.98 Å². The molecule has 0 bridgehead atoms. The Morgan fingerprint density at radius 2 is 1.88 bits per heavy atom. The van der Waals surface area contributed by atoms with E-state index in [-0.39, 0.29) is 23.3 Å². The molecule has 1 heterocycles. The summed E-state index contributed by atoms with van der Waals surface area (Å²) in [6, 6.07) is 11.6. The van der Waals surface area contributed by atoms with Crippen molar-refractivity contribution in [2.45, 2.75) is 17.4 Å². The molecule has 1 atom stereocenters. The molecule has 0 aliphatic rings. The van der Waals surface area contributed by atoms with Crippen molar-refractivity contribution in [2.75, 3.05) is 27.0 Å². The van der Waals surface area contributed by atoms with Gasteiger partial charge in [0.15, 0.2) is 9.84 Å². The smallest absolute Gasteiger partial charge is 0.227 e. The fourth-order valence-electron chi connectivity index (χ4n) is 2.45. The first kappa shape index (κ1) is 19.1. The molecule has 0 N–H and O–H groups in total. The van der Waals surface area contributed by atoms with Gasteiger partial charge in [0, 0.05) is 26.6 Å². The van der Waals surface area contributed by atoms with Crippen LogP contribution in [0.5, 0.6) is 0 Å². The lowest BCUT2D eigenvalue weighted by molar-refractivity contribution is -0.132. The van der Waals surface area contributed by atoms with Gasteiger partial charge < -0.3 is 9.64 Å². The van der Waals surface area contributed by atoms with E-state index in [1.165, 1.54) is 12.1 Å². The highest BCUT2D eigenvalue weighted by Crippen LogP contribution is 2.19. The molecule has 6 nitrogen and oxygen atoms in total. The third-order valence-electron chi connectivity index (χ3n) is 3.92. The van der Waals surface area contributed by atoms with Crippen LogP contribution in [0.25, 0.3) is 0 Å². The zero-order valence-corrected chi connectivity index (χ0v) is 15.4. The molecule has 0 fully saturated rings. The quantitative estimate of drug-likeness (QED) is 0.752. The Morgan fingerprint density at radius 1 is 1.20 bits per heavy atom. The lowest BCUT2D eigenvalue weighted by atomic mass is 10.1.